The third kappa shape index (κ3) is 4.16. The van der Waals surface area contributed by atoms with E-state index in [4.69, 9.17) is 11.6 Å². The lowest BCUT2D eigenvalue weighted by Crippen LogP contribution is -2.45. The molecule has 0 spiro atoms. The summed E-state index contributed by atoms with van der Waals surface area (Å²) in [5, 5.41) is 3.84. The molecule has 1 aromatic rings. The van der Waals surface area contributed by atoms with Gasteiger partial charge in [0.15, 0.2) is 0 Å². The van der Waals surface area contributed by atoms with Crippen LogP contribution >= 0.6 is 11.6 Å². The number of hydrogen-bond donors (Lipinski definition) is 1. The van der Waals surface area contributed by atoms with Gasteiger partial charge in [0.1, 0.15) is 5.82 Å². The van der Waals surface area contributed by atoms with Gasteiger partial charge in [-0.3, -0.25) is 4.90 Å². The summed E-state index contributed by atoms with van der Waals surface area (Å²) in [6.45, 7) is 8.42. The number of nitrogens with zero attached hydrogens (tertiary/aromatic N) is 1. The molecule has 2 rings (SSSR count). The van der Waals surface area contributed by atoms with Crippen LogP contribution < -0.4 is 5.32 Å². The van der Waals surface area contributed by atoms with Crippen molar-refractivity contribution in [2.45, 2.75) is 26.3 Å². The van der Waals surface area contributed by atoms with E-state index in [9.17, 15) is 4.39 Å². The molecule has 1 aliphatic rings. The molecule has 1 saturated heterocycles. The van der Waals surface area contributed by atoms with E-state index in [1.54, 1.807) is 6.07 Å². The van der Waals surface area contributed by atoms with Crippen LogP contribution in [-0.2, 0) is 0 Å². The summed E-state index contributed by atoms with van der Waals surface area (Å²) in [6.07, 6.45) is 1.03. The quantitative estimate of drug-likeness (QED) is 0.911. The Bertz CT molecular complexity index is 396. The zero-order valence-corrected chi connectivity index (χ0v) is 12.4. The second-order valence-corrected chi connectivity index (χ2v) is 6.07. The van der Waals surface area contributed by atoms with Crippen molar-refractivity contribution in [1.82, 2.24) is 10.2 Å². The maximum atomic E-state index is 13.6. The summed E-state index contributed by atoms with van der Waals surface area (Å²) in [4.78, 5) is 2.43. The minimum Gasteiger partial charge on any atom is -0.314 e. The predicted octanol–water partition coefficient (Wildman–Crippen LogP) is 3.47. The first kappa shape index (κ1) is 14.8. The Kier molecular flexibility index (Phi) is 5.20. The molecule has 106 valence electrons. The van der Waals surface area contributed by atoms with Crippen molar-refractivity contribution in [3.05, 3.63) is 34.6 Å². The Balaban J connectivity index is 2.24. The van der Waals surface area contributed by atoms with Gasteiger partial charge in [-0.05, 0) is 36.1 Å². The molecule has 0 amide bonds. The van der Waals surface area contributed by atoms with E-state index >= 15 is 0 Å². The average Bonchev–Trinajstić information content (AvgIpc) is 2.35. The van der Waals surface area contributed by atoms with Crippen LogP contribution in [0.3, 0.4) is 0 Å². The van der Waals surface area contributed by atoms with Crippen molar-refractivity contribution in [3.8, 4) is 0 Å². The Morgan fingerprint density at radius 1 is 1.26 bits per heavy atom. The monoisotopic (exact) mass is 284 g/mol. The third-order valence-corrected chi connectivity index (χ3v) is 3.77. The molecule has 1 aliphatic heterocycles. The Labute approximate surface area is 119 Å². The summed E-state index contributed by atoms with van der Waals surface area (Å²) in [5.41, 5.74) is 1.00. The van der Waals surface area contributed by atoms with Crippen molar-refractivity contribution in [1.29, 1.82) is 0 Å². The van der Waals surface area contributed by atoms with E-state index in [1.165, 1.54) is 6.07 Å². The number of nitrogens with one attached hydrogen (secondary N) is 1. The SMILES string of the molecule is CC(C)C[C@@H](c1cc(F)cc(Cl)c1)N1CCNCC1. The van der Waals surface area contributed by atoms with Crippen LogP contribution in [-0.4, -0.2) is 31.1 Å². The van der Waals surface area contributed by atoms with E-state index < -0.39 is 0 Å². The fourth-order valence-electron chi connectivity index (χ4n) is 2.70. The molecule has 1 fully saturated rings. The Morgan fingerprint density at radius 3 is 2.53 bits per heavy atom. The van der Waals surface area contributed by atoms with E-state index in [1.807, 2.05) is 6.07 Å². The van der Waals surface area contributed by atoms with Crippen LogP contribution in [0.15, 0.2) is 18.2 Å². The van der Waals surface area contributed by atoms with E-state index in [-0.39, 0.29) is 11.9 Å². The van der Waals surface area contributed by atoms with Crippen LogP contribution in [0, 0.1) is 11.7 Å². The molecule has 0 aliphatic carbocycles. The van der Waals surface area contributed by atoms with Crippen molar-refractivity contribution >= 4 is 11.6 Å². The summed E-state index contributed by atoms with van der Waals surface area (Å²) >= 11 is 6.00. The van der Waals surface area contributed by atoms with Crippen LogP contribution in [0.1, 0.15) is 31.9 Å². The molecule has 0 radical (unpaired) electrons. The molecule has 19 heavy (non-hydrogen) atoms. The highest BCUT2D eigenvalue weighted by molar-refractivity contribution is 6.30. The molecular weight excluding hydrogens is 263 g/mol. The molecule has 1 atom stereocenters. The largest absolute Gasteiger partial charge is 0.314 e. The molecule has 2 nitrogen and oxygen atoms in total. The van der Waals surface area contributed by atoms with Gasteiger partial charge < -0.3 is 5.32 Å². The molecule has 1 heterocycles. The zero-order valence-electron chi connectivity index (χ0n) is 11.6. The molecule has 1 N–H and O–H groups in total. The Hall–Kier alpha value is -0.640. The molecular formula is C15H22ClFN2. The zero-order chi connectivity index (χ0) is 13.8. The second kappa shape index (κ2) is 6.69. The van der Waals surface area contributed by atoms with Crippen LogP contribution in [0.2, 0.25) is 5.02 Å². The van der Waals surface area contributed by atoms with Gasteiger partial charge in [0, 0.05) is 37.2 Å². The topological polar surface area (TPSA) is 15.3 Å². The highest BCUT2D eigenvalue weighted by Gasteiger charge is 2.23. The second-order valence-electron chi connectivity index (χ2n) is 5.63. The lowest BCUT2D eigenvalue weighted by Gasteiger charge is -2.36. The van der Waals surface area contributed by atoms with Crippen LogP contribution in [0.5, 0.6) is 0 Å². The van der Waals surface area contributed by atoms with Crippen LogP contribution in [0.25, 0.3) is 0 Å². The molecule has 0 bridgehead atoms. The number of piperazine rings is 1. The van der Waals surface area contributed by atoms with E-state index in [2.05, 4.69) is 24.1 Å². The van der Waals surface area contributed by atoms with Crippen molar-refractivity contribution in [2.75, 3.05) is 26.2 Å². The summed E-state index contributed by atoms with van der Waals surface area (Å²) in [5.74, 6) is 0.327. The van der Waals surface area contributed by atoms with Gasteiger partial charge in [-0.15, -0.1) is 0 Å². The number of halogens is 2. The summed E-state index contributed by atoms with van der Waals surface area (Å²) in [6, 6.07) is 5.16. The first-order valence-electron chi connectivity index (χ1n) is 6.97. The average molecular weight is 285 g/mol. The van der Waals surface area contributed by atoms with Gasteiger partial charge in [0.2, 0.25) is 0 Å². The molecule has 0 aromatic heterocycles. The lowest BCUT2D eigenvalue weighted by molar-refractivity contribution is 0.154. The Morgan fingerprint density at radius 2 is 1.95 bits per heavy atom. The van der Waals surface area contributed by atoms with Gasteiger partial charge >= 0.3 is 0 Å². The van der Waals surface area contributed by atoms with Gasteiger partial charge in [-0.2, -0.15) is 0 Å². The predicted molar refractivity (Wildman–Crippen MR) is 78.0 cm³/mol. The standard InChI is InChI=1S/C15H22ClFN2/c1-11(2)7-15(19-5-3-18-4-6-19)12-8-13(16)10-14(17)9-12/h8-11,15,18H,3-7H2,1-2H3/t15-/m0/s1. The number of benzene rings is 1. The fourth-order valence-corrected chi connectivity index (χ4v) is 2.93. The van der Waals surface area contributed by atoms with Crippen molar-refractivity contribution in [3.63, 3.8) is 0 Å². The molecule has 4 heteroatoms. The number of rotatable bonds is 4. The van der Waals surface area contributed by atoms with Gasteiger partial charge in [0.25, 0.3) is 0 Å². The lowest BCUT2D eigenvalue weighted by atomic mass is 9.95. The highest BCUT2D eigenvalue weighted by atomic mass is 35.5. The normalized spacial score (nSPS) is 18.8. The highest BCUT2D eigenvalue weighted by Crippen LogP contribution is 2.30. The van der Waals surface area contributed by atoms with Gasteiger partial charge in [0.05, 0.1) is 0 Å². The van der Waals surface area contributed by atoms with E-state index in [0.717, 1.165) is 38.2 Å². The van der Waals surface area contributed by atoms with Crippen LogP contribution in [0.4, 0.5) is 4.39 Å². The van der Waals surface area contributed by atoms with Gasteiger partial charge in [-0.1, -0.05) is 25.4 Å². The molecule has 1 aromatic carbocycles. The van der Waals surface area contributed by atoms with Crippen molar-refractivity contribution < 1.29 is 4.39 Å². The first-order valence-corrected chi connectivity index (χ1v) is 7.35. The first-order chi connectivity index (χ1) is 9.06. The smallest absolute Gasteiger partial charge is 0.125 e. The maximum Gasteiger partial charge on any atom is 0.125 e. The van der Waals surface area contributed by atoms with E-state index in [0.29, 0.717) is 10.9 Å². The molecule has 0 saturated carbocycles. The molecule has 0 unspecified atom stereocenters. The fraction of sp³-hybridized carbons (Fsp3) is 0.600. The third-order valence-electron chi connectivity index (χ3n) is 3.56. The maximum absolute atomic E-state index is 13.6. The van der Waals surface area contributed by atoms with Gasteiger partial charge in [-0.25, -0.2) is 4.39 Å². The minimum absolute atomic E-state index is 0.244. The van der Waals surface area contributed by atoms with Crippen molar-refractivity contribution in [2.24, 2.45) is 5.92 Å². The minimum atomic E-state index is -0.244. The summed E-state index contributed by atoms with van der Waals surface area (Å²) in [7, 11) is 0. The number of hydrogen-bond acceptors (Lipinski definition) is 2. The summed E-state index contributed by atoms with van der Waals surface area (Å²) < 4.78 is 13.6.